The zero-order chi connectivity index (χ0) is 7.49. The lowest BCUT2D eigenvalue weighted by Gasteiger charge is -2.16. The lowest BCUT2D eigenvalue weighted by atomic mass is 10.1. The van der Waals surface area contributed by atoms with Crippen LogP contribution in [0, 0.1) is 0 Å². The van der Waals surface area contributed by atoms with Crippen LogP contribution in [0.15, 0.2) is 0 Å². The van der Waals surface area contributed by atoms with Crippen LogP contribution in [-0.4, -0.2) is 35.0 Å². The minimum atomic E-state index is -2.11. The number of nitrogens with two attached hydrogens (primary N) is 1. The summed E-state index contributed by atoms with van der Waals surface area (Å²) in [5.41, 5.74) is 2.70. The Morgan fingerprint density at radius 1 is 1.78 bits per heavy atom. The highest BCUT2D eigenvalue weighted by atomic mass is 19.1. The molecule has 0 amide bonds. The van der Waals surface area contributed by atoms with Gasteiger partial charge in [0.2, 0.25) is 0 Å². The summed E-state index contributed by atoms with van der Waals surface area (Å²) in [6.07, 6.45) is 0. The molecule has 0 aromatic heterocycles. The number of halogens is 1. The maximum atomic E-state index is 11.6. The average molecular weight is 137 g/mol. The van der Waals surface area contributed by atoms with Crippen LogP contribution in [-0.2, 0) is 4.79 Å². The average Bonchev–Trinajstić information content (AvgIpc) is 1.86. The first-order valence-corrected chi connectivity index (χ1v) is 2.26. The Morgan fingerprint density at radius 2 is 2.22 bits per heavy atom. The van der Waals surface area contributed by atoms with Crippen LogP contribution in [0.3, 0.4) is 0 Å². The molecule has 54 valence electrons. The van der Waals surface area contributed by atoms with Gasteiger partial charge in [-0.2, -0.15) is 0 Å². The number of hydrogen-bond acceptors (Lipinski definition) is 3. The van der Waals surface area contributed by atoms with Crippen LogP contribution in [0.2, 0.25) is 0 Å². The lowest BCUT2D eigenvalue weighted by Crippen LogP contribution is -2.53. The molecule has 1 unspecified atom stereocenters. The molecule has 0 bridgehead atoms. The van der Waals surface area contributed by atoms with E-state index in [2.05, 4.69) is 0 Å². The third-order valence-corrected chi connectivity index (χ3v) is 0.947. The van der Waals surface area contributed by atoms with E-state index >= 15 is 0 Å². The predicted octanol–water partition coefficient (Wildman–Crippen LogP) is -1.27. The van der Waals surface area contributed by atoms with Crippen molar-refractivity contribution < 1.29 is 19.4 Å². The van der Waals surface area contributed by atoms with E-state index in [1.807, 2.05) is 0 Å². The van der Waals surface area contributed by atoms with Crippen molar-refractivity contribution in [3.8, 4) is 0 Å². The molecule has 0 radical (unpaired) electrons. The van der Waals surface area contributed by atoms with Crippen molar-refractivity contribution in [2.75, 3.05) is 13.3 Å². The minimum Gasteiger partial charge on any atom is -0.480 e. The second kappa shape index (κ2) is 2.75. The van der Waals surface area contributed by atoms with Crippen molar-refractivity contribution in [1.82, 2.24) is 0 Å². The van der Waals surface area contributed by atoms with Crippen molar-refractivity contribution in [3.63, 3.8) is 0 Å². The number of aliphatic hydroxyl groups excluding tert-OH is 1. The summed E-state index contributed by atoms with van der Waals surface area (Å²) in [6.45, 7) is -2.16. The summed E-state index contributed by atoms with van der Waals surface area (Å²) < 4.78 is 11.6. The topological polar surface area (TPSA) is 83.5 Å². The Balaban J connectivity index is 4.09. The fraction of sp³-hybridized carbons (Fsp3) is 0.750. The fourth-order valence-corrected chi connectivity index (χ4v) is 0.167. The first-order valence-electron chi connectivity index (χ1n) is 2.26. The van der Waals surface area contributed by atoms with Gasteiger partial charge in [-0.3, -0.25) is 4.79 Å². The van der Waals surface area contributed by atoms with Crippen LogP contribution >= 0.6 is 0 Å². The number of aliphatic carboxylic acids is 1. The first-order chi connectivity index (χ1) is 4.06. The lowest BCUT2D eigenvalue weighted by molar-refractivity contribution is -0.145. The van der Waals surface area contributed by atoms with Gasteiger partial charge in [-0.15, -0.1) is 0 Å². The van der Waals surface area contributed by atoms with Crippen molar-refractivity contribution >= 4 is 5.97 Å². The van der Waals surface area contributed by atoms with Crippen LogP contribution < -0.4 is 5.73 Å². The number of alkyl halides is 1. The van der Waals surface area contributed by atoms with E-state index in [0.29, 0.717) is 0 Å². The zero-order valence-electron chi connectivity index (χ0n) is 4.67. The molecule has 4 nitrogen and oxygen atoms in total. The van der Waals surface area contributed by atoms with Crippen molar-refractivity contribution in [3.05, 3.63) is 0 Å². The second-order valence-electron chi connectivity index (χ2n) is 1.75. The van der Waals surface area contributed by atoms with E-state index in [9.17, 15) is 9.18 Å². The molecule has 9 heavy (non-hydrogen) atoms. The largest absolute Gasteiger partial charge is 0.480 e. The molecule has 0 aliphatic heterocycles. The smallest absolute Gasteiger partial charge is 0.328 e. The molecule has 0 aliphatic rings. The molecule has 5 heteroatoms. The van der Waals surface area contributed by atoms with Crippen LogP contribution in [0.4, 0.5) is 4.39 Å². The van der Waals surface area contributed by atoms with Gasteiger partial charge in [-0.1, -0.05) is 0 Å². The van der Waals surface area contributed by atoms with Crippen molar-refractivity contribution in [1.29, 1.82) is 0 Å². The molecular weight excluding hydrogens is 129 g/mol. The summed E-state index contributed by atoms with van der Waals surface area (Å²) in [6, 6.07) is 0. The Kier molecular flexibility index (Phi) is 2.54. The predicted molar refractivity (Wildman–Crippen MR) is 27.6 cm³/mol. The zero-order valence-corrected chi connectivity index (χ0v) is 4.67. The Labute approximate surface area is 51.1 Å². The molecule has 0 aromatic carbocycles. The van der Waals surface area contributed by atoms with E-state index in [4.69, 9.17) is 15.9 Å². The maximum absolute atomic E-state index is 11.6. The monoisotopic (exact) mass is 137 g/mol. The number of rotatable bonds is 3. The molecule has 0 saturated heterocycles. The van der Waals surface area contributed by atoms with Gasteiger partial charge < -0.3 is 15.9 Å². The third kappa shape index (κ3) is 1.62. The molecule has 0 heterocycles. The van der Waals surface area contributed by atoms with Crippen LogP contribution in [0.1, 0.15) is 0 Å². The van der Waals surface area contributed by atoms with E-state index in [-0.39, 0.29) is 0 Å². The van der Waals surface area contributed by atoms with Crippen LogP contribution in [0.25, 0.3) is 0 Å². The summed E-state index contributed by atoms with van der Waals surface area (Å²) in [5, 5.41) is 16.3. The van der Waals surface area contributed by atoms with Gasteiger partial charge >= 0.3 is 5.97 Å². The molecule has 4 N–H and O–H groups in total. The highest BCUT2D eigenvalue weighted by Crippen LogP contribution is 1.98. The number of carbonyl (C=O) groups is 1. The van der Waals surface area contributed by atoms with E-state index in [0.717, 1.165) is 0 Å². The molecule has 0 fully saturated rings. The first kappa shape index (κ1) is 8.32. The van der Waals surface area contributed by atoms with E-state index in [1.54, 1.807) is 0 Å². The van der Waals surface area contributed by atoms with Gasteiger partial charge in [0.25, 0.3) is 0 Å². The summed E-state index contributed by atoms with van der Waals surface area (Å²) in [7, 11) is 0. The Morgan fingerprint density at radius 3 is 2.22 bits per heavy atom. The van der Waals surface area contributed by atoms with Crippen molar-refractivity contribution in [2.45, 2.75) is 5.54 Å². The maximum Gasteiger partial charge on any atom is 0.328 e. The Hall–Kier alpha value is -0.680. The molecule has 0 spiro atoms. The fourth-order valence-electron chi connectivity index (χ4n) is 0.167. The molecule has 0 aromatic rings. The number of carboxylic acids is 1. The molecule has 0 aliphatic carbocycles. The second-order valence-corrected chi connectivity index (χ2v) is 1.75. The Bertz CT molecular complexity index is 112. The molecule has 0 saturated carbocycles. The van der Waals surface area contributed by atoms with Gasteiger partial charge in [0.05, 0.1) is 6.61 Å². The van der Waals surface area contributed by atoms with E-state index in [1.165, 1.54) is 0 Å². The highest BCUT2D eigenvalue weighted by molar-refractivity contribution is 5.78. The van der Waals surface area contributed by atoms with E-state index < -0.39 is 24.8 Å². The van der Waals surface area contributed by atoms with Gasteiger partial charge in [-0.25, -0.2) is 4.39 Å². The number of carboxylic acid groups (broad SMARTS) is 1. The van der Waals surface area contributed by atoms with Crippen LogP contribution in [0.5, 0.6) is 0 Å². The third-order valence-electron chi connectivity index (χ3n) is 0.947. The SMILES string of the molecule is NC(CO)(CF)C(=O)O. The standard InChI is InChI=1S/C4H8FNO3/c5-1-4(6,2-7)3(8)9/h7H,1-2,6H2,(H,8,9). The minimum absolute atomic E-state index is 0.890. The number of hydrogen-bond donors (Lipinski definition) is 3. The molecule has 1 atom stereocenters. The summed E-state index contributed by atoms with van der Waals surface area (Å²) >= 11 is 0. The number of aliphatic hydroxyl groups is 1. The van der Waals surface area contributed by atoms with Gasteiger partial charge in [-0.05, 0) is 0 Å². The highest BCUT2D eigenvalue weighted by Gasteiger charge is 2.33. The van der Waals surface area contributed by atoms with Gasteiger partial charge in [0, 0.05) is 0 Å². The van der Waals surface area contributed by atoms with Gasteiger partial charge in [0.15, 0.2) is 5.54 Å². The molecule has 0 rings (SSSR count). The van der Waals surface area contributed by atoms with Crippen molar-refractivity contribution in [2.24, 2.45) is 5.73 Å². The van der Waals surface area contributed by atoms with Gasteiger partial charge in [0.1, 0.15) is 6.67 Å². The summed E-state index contributed by atoms with van der Waals surface area (Å²) in [4.78, 5) is 9.96. The summed E-state index contributed by atoms with van der Waals surface area (Å²) in [5.74, 6) is -1.53. The quantitative estimate of drug-likeness (QED) is 0.453. The normalized spacial score (nSPS) is 16.8. The molecular formula is C4H8FNO3.